The number of nitrogens with two attached hydrogens (primary N) is 1. The Morgan fingerprint density at radius 3 is 2.64 bits per heavy atom. The summed E-state index contributed by atoms with van der Waals surface area (Å²) < 4.78 is 0. The molecule has 4 N–H and O–H groups in total. The molecule has 22 heavy (non-hydrogen) atoms. The van der Waals surface area contributed by atoms with Crippen LogP contribution in [0.5, 0.6) is 0 Å². The van der Waals surface area contributed by atoms with Gasteiger partial charge in [-0.15, -0.1) is 0 Å². The van der Waals surface area contributed by atoms with Crippen LogP contribution in [-0.2, 0) is 9.59 Å². The van der Waals surface area contributed by atoms with Gasteiger partial charge in [0.25, 0.3) is 0 Å². The molecule has 0 spiro atoms. The Morgan fingerprint density at radius 1 is 1.36 bits per heavy atom. The van der Waals surface area contributed by atoms with E-state index in [1.54, 1.807) is 6.92 Å². The van der Waals surface area contributed by atoms with Crippen molar-refractivity contribution < 1.29 is 14.7 Å². The van der Waals surface area contributed by atoms with Crippen molar-refractivity contribution in [2.75, 3.05) is 5.75 Å². The average molecular weight is 319 g/mol. The lowest BCUT2D eigenvalue weighted by Crippen LogP contribution is -2.32. The van der Waals surface area contributed by atoms with E-state index in [0.717, 1.165) is 5.56 Å². The maximum Gasteiger partial charge on any atom is 0.304 e. The van der Waals surface area contributed by atoms with Gasteiger partial charge in [0.15, 0.2) is 5.17 Å². The number of thioether (sulfide) groups is 1. The Bertz CT molecular complexity index is 641. The number of primary amides is 1. The van der Waals surface area contributed by atoms with Gasteiger partial charge in [0.2, 0.25) is 5.91 Å². The molecule has 2 rings (SSSR count). The number of amidine groups is 1. The van der Waals surface area contributed by atoms with E-state index in [2.05, 4.69) is 10.3 Å². The number of carbonyl (C=O) groups is 2. The van der Waals surface area contributed by atoms with Crippen LogP contribution < -0.4 is 11.1 Å². The number of aliphatic carboxylic acids is 1. The van der Waals surface area contributed by atoms with Crippen LogP contribution in [0.25, 0.3) is 0 Å². The first kappa shape index (κ1) is 16.1. The van der Waals surface area contributed by atoms with Gasteiger partial charge in [-0.3, -0.25) is 9.59 Å². The van der Waals surface area contributed by atoms with Gasteiger partial charge in [0, 0.05) is 11.4 Å². The van der Waals surface area contributed by atoms with Gasteiger partial charge in [0.05, 0.1) is 12.0 Å². The number of hydrogen-bond donors (Lipinski definition) is 3. The summed E-state index contributed by atoms with van der Waals surface area (Å²) in [6.45, 7) is 1.77. The Kier molecular flexibility index (Phi) is 5.21. The number of nitrogens with one attached hydrogen (secondary N) is 1. The second-order valence-electron chi connectivity index (χ2n) is 4.77. The van der Waals surface area contributed by atoms with E-state index in [-0.39, 0.29) is 6.42 Å². The van der Waals surface area contributed by atoms with Crippen molar-refractivity contribution in [2.24, 2.45) is 10.7 Å². The number of carbonyl (C=O) groups excluding carboxylic acids is 1. The van der Waals surface area contributed by atoms with Crippen LogP contribution in [0.1, 0.15) is 24.9 Å². The van der Waals surface area contributed by atoms with Crippen molar-refractivity contribution in [2.45, 2.75) is 19.4 Å². The second-order valence-corrected chi connectivity index (χ2v) is 5.85. The normalized spacial score (nSPS) is 17.7. The Labute approximate surface area is 132 Å². The summed E-state index contributed by atoms with van der Waals surface area (Å²) in [6, 6.07) is 8.94. The van der Waals surface area contributed by atoms with E-state index < -0.39 is 17.9 Å². The average Bonchev–Trinajstić information content (AvgIpc) is 2.46. The third kappa shape index (κ3) is 3.88. The van der Waals surface area contributed by atoms with Gasteiger partial charge >= 0.3 is 5.97 Å². The molecule has 7 heteroatoms. The Hall–Kier alpha value is -2.28. The first-order chi connectivity index (χ1) is 10.5. The Morgan fingerprint density at radius 2 is 2.05 bits per heavy atom. The van der Waals surface area contributed by atoms with Gasteiger partial charge in [-0.1, -0.05) is 42.1 Å². The summed E-state index contributed by atoms with van der Waals surface area (Å²) in [7, 11) is 0. The number of carboxylic acids is 1. The maximum atomic E-state index is 11.7. The molecular weight excluding hydrogens is 302 g/mol. The van der Waals surface area contributed by atoms with E-state index >= 15 is 0 Å². The van der Waals surface area contributed by atoms with Crippen LogP contribution in [0.4, 0.5) is 0 Å². The van der Waals surface area contributed by atoms with E-state index in [9.17, 15) is 9.59 Å². The summed E-state index contributed by atoms with van der Waals surface area (Å²) in [5, 5.41) is 12.3. The number of allylic oxidation sites excluding steroid dienone is 1. The number of hydrogen-bond acceptors (Lipinski definition) is 5. The lowest BCUT2D eigenvalue weighted by molar-refractivity contribution is -0.136. The summed E-state index contributed by atoms with van der Waals surface area (Å²) >= 11 is 1.31. The zero-order valence-electron chi connectivity index (χ0n) is 12.1. The third-order valence-corrected chi connectivity index (χ3v) is 4.04. The van der Waals surface area contributed by atoms with Crippen LogP contribution in [0.15, 0.2) is 46.6 Å². The zero-order chi connectivity index (χ0) is 16.1. The van der Waals surface area contributed by atoms with Gasteiger partial charge in [0.1, 0.15) is 6.04 Å². The molecule has 116 valence electrons. The van der Waals surface area contributed by atoms with Crippen LogP contribution >= 0.6 is 11.8 Å². The summed E-state index contributed by atoms with van der Waals surface area (Å²) in [4.78, 5) is 26.8. The van der Waals surface area contributed by atoms with E-state index in [1.165, 1.54) is 11.8 Å². The van der Waals surface area contributed by atoms with Crippen molar-refractivity contribution in [3.05, 3.63) is 47.2 Å². The highest BCUT2D eigenvalue weighted by Crippen LogP contribution is 2.31. The fourth-order valence-electron chi connectivity index (χ4n) is 2.15. The molecule has 1 atom stereocenters. The van der Waals surface area contributed by atoms with Crippen LogP contribution in [-0.4, -0.2) is 27.9 Å². The number of rotatable bonds is 5. The van der Waals surface area contributed by atoms with Crippen molar-refractivity contribution >= 4 is 28.8 Å². The van der Waals surface area contributed by atoms with Gasteiger partial charge < -0.3 is 16.2 Å². The molecule has 1 aromatic carbocycles. The fourth-order valence-corrected chi connectivity index (χ4v) is 3.03. The van der Waals surface area contributed by atoms with Crippen molar-refractivity contribution in [3.8, 4) is 0 Å². The first-order valence-corrected chi connectivity index (χ1v) is 7.72. The zero-order valence-corrected chi connectivity index (χ0v) is 12.9. The lowest BCUT2D eigenvalue weighted by atomic mass is 9.96. The number of nitrogens with zero attached hydrogens (tertiary/aromatic N) is 1. The summed E-state index contributed by atoms with van der Waals surface area (Å²) in [6.07, 6.45) is 0.0484. The molecule has 1 aromatic rings. The van der Waals surface area contributed by atoms with Gasteiger partial charge in [-0.05, 0) is 12.5 Å². The first-order valence-electron chi connectivity index (χ1n) is 6.74. The molecule has 0 saturated heterocycles. The lowest BCUT2D eigenvalue weighted by Gasteiger charge is -2.25. The predicted molar refractivity (Wildman–Crippen MR) is 86.4 cm³/mol. The molecule has 0 radical (unpaired) electrons. The molecule has 0 fully saturated rings. The van der Waals surface area contributed by atoms with E-state index in [1.807, 2.05) is 30.3 Å². The molecule has 0 aromatic heterocycles. The van der Waals surface area contributed by atoms with Crippen molar-refractivity contribution in [1.82, 2.24) is 5.32 Å². The molecule has 0 bridgehead atoms. The van der Waals surface area contributed by atoms with Crippen LogP contribution in [0, 0.1) is 0 Å². The number of carboxylic acid groups (broad SMARTS) is 1. The quantitative estimate of drug-likeness (QED) is 0.765. The predicted octanol–water partition coefficient (Wildman–Crippen LogP) is 1.65. The molecule has 0 saturated carbocycles. The summed E-state index contributed by atoms with van der Waals surface area (Å²) in [5.41, 5.74) is 7.42. The van der Waals surface area contributed by atoms with E-state index in [0.29, 0.717) is 22.2 Å². The molecule has 0 aliphatic carbocycles. The number of aliphatic imine (C=N–C) groups is 1. The fraction of sp³-hybridized carbons (Fsp3) is 0.267. The third-order valence-electron chi connectivity index (χ3n) is 3.15. The van der Waals surface area contributed by atoms with Crippen LogP contribution in [0.2, 0.25) is 0 Å². The SMILES string of the molecule is CC1=C(C(N)=O)[C@@H](c2ccccc2)N=C(SCCC(=O)O)N1. The highest BCUT2D eigenvalue weighted by Gasteiger charge is 2.27. The molecule has 6 nitrogen and oxygen atoms in total. The smallest absolute Gasteiger partial charge is 0.304 e. The summed E-state index contributed by atoms with van der Waals surface area (Å²) in [5.74, 6) is -0.965. The minimum Gasteiger partial charge on any atom is -0.481 e. The van der Waals surface area contributed by atoms with Gasteiger partial charge in [-0.25, -0.2) is 4.99 Å². The minimum atomic E-state index is -0.853. The molecular formula is C15H17N3O3S. The maximum absolute atomic E-state index is 11.7. The van der Waals surface area contributed by atoms with Crippen molar-refractivity contribution in [1.29, 1.82) is 0 Å². The highest BCUT2D eigenvalue weighted by molar-refractivity contribution is 8.13. The van der Waals surface area contributed by atoms with Crippen LogP contribution in [0.3, 0.4) is 0 Å². The Balaban J connectivity index is 2.26. The largest absolute Gasteiger partial charge is 0.481 e. The second kappa shape index (κ2) is 7.13. The number of benzene rings is 1. The highest BCUT2D eigenvalue weighted by atomic mass is 32.2. The van der Waals surface area contributed by atoms with Crippen molar-refractivity contribution in [3.63, 3.8) is 0 Å². The molecule has 0 unspecified atom stereocenters. The minimum absolute atomic E-state index is 0.0484. The molecule has 1 amide bonds. The standard InChI is InChI=1S/C15H17N3O3S/c1-9-12(14(16)21)13(10-5-3-2-4-6-10)18-15(17-9)22-8-7-11(19)20/h2-6,13H,7-8H2,1H3,(H2,16,21)(H,17,18)(H,19,20)/t13-/m1/s1. The topological polar surface area (TPSA) is 105 Å². The monoisotopic (exact) mass is 319 g/mol. The molecule has 1 aliphatic heterocycles. The molecule has 1 heterocycles. The van der Waals surface area contributed by atoms with Gasteiger partial charge in [-0.2, -0.15) is 0 Å². The van der Waals surface area contributed by atoms with E-state index in [4.69, 9.17) is 10.8 Å². The number of amides is 1. The molecule has 1 aliphatic rings.